The first-order valence-electron chi connectivity index (χ1n) is 13.7. The van der Waals surface area contributed by atoms with E-state index in [1.54, 1.807) is 6.08 Å². The average molecular weight is 501 g/mol. The van der Waals surface area contributed by atoms with Crippen LogP contribution in [-0.4, -0.2) is 24.7 Å². The van der Waals surface area contributed by atoms with Crippen molar-refractivity contribution >= 4 is 44.5 Å². The third-order valence-corrected chi connectivity index (χ3v) is 7.71. The lowest BCUT2D eigenvalue weighted by Crippen LogP contribution is -2.29. The Bertz CT molecular complexity index is 1530. The highest BCUT2D eigenvalue weighted by atomic mass is 16.2. The molecule has 4 heteroatoms. The Kier molecular flexibility index (Phi) is 6.32. The van der Waals surface area contributed by atoms with E-state index in [0.717, 1.165) is 55.4 Å². The highest BCUT2D eigenvalue weighted by molar-refractivity contribution is 6.40. The van der Waals surface area contributed by atoms with Crippen LogP contribution >= 0.6 is 0 Å². The summed E-state index contributed by atoms with van der Waals surface area (Å²) < 4.78 is 0. The van der Waals surface area contributed by atoms with Gasteiger partial charge in [-0.05, 0) is 70.8 Å². The molecule has 0 saturated heterocycles. The Balaban J connectivity index is 1.45. The van der Waals surface area contributed by atoms with E-state index >= 15 is 0 Å². The predicted octanol–water partition coefficient (Wildman–Crippen LogP) is 8.07. The van der Waals surface area contributed by atoms with Crippen LogP contribution in [0.5, 0.6) is 0 Å². The van der Waals surface area contributed by atoms with Crippen LogP contribution in [0.1, 0.15) is 60.2 Å². The summed E-state index contributed by atoms with van der Waals surface area (Å²) in [4.78, 5) is 31.5. The summed E-state index contributed by atoms with van der Waals surface area (Å²) in [5, 5.41) is 4.38. The van der Waals surface area contributed by atoms with Crippen LogP contribution in [0.2, 0.25) is 0 Å². The van der Waals surface area contributed by atoms with Gasteiger partial charge < -0.3 is 9.80 Å². The maximum atomic E-state index is 13.4. The van der Waals surface area contributed by atoms with E-state index in [4.69, 9.17) is 0 Å². The first kappa shape index (κ1) is 24.2. The van der Waals surface area contributed by atoms with E-state index in [2.05, 4.69) is 60.0 Å². The highest BCUT2D eigenvalue weighted by Gasteiger charge is 2.34. The molecule has 0 unspecified atom stereocenters. The molecule has 0 atom stereocenters. The average Bonchev–Trinajstić information content (AvgIpc) is 3.35. The van der Waals surface area contributed by atoms with Gasteiger partial charge in [-0.2, -0.15) is 0 Å². The number of unbranched alkanes of at least 4 members (excludes halogenated alkanes) is 2. The second-order valence-electron chi connectivity index (χ2n) is 10.2. The van der Waals surface area contributed by atoms with Crippen LogP contribution in [0, 0.1) is 0 Å². The van der Waals surface area contributed by atoms with E-state index in [1.807, 2.05) is 42.5 Å². The molecule has 0 spiro atoms. The summed E-state index contributed by atoms with van der Waals surface area (Å²) in [6.07, 6.45) is 8.03. The van der Waals surface area contributed by atoms with Gasteiger partial charge in [0.1, 0.15) is 5.82 Å². The van der Waals surface area contributed by atoms with Gasteiger partial charge >= 0.3 is 0 Å². The molecule has 0 amide bonds. The van der Waals surface area contributed by atoms with Crippen molar-refractivity contribution in [2.75, 3.05) is 22.9 Å². The van der Waals surface area contributed by atoms with Crippen LogP contribution in [-0.2, 0) is 0 Å². The van der Waals surface area contributed by atoms with Crippen molar-refractivity contribution in [3.63, 3.8) is 0 Å². The standard InChI is InChI=1S/C34H32N2O2/c1-3-5-17-35-30-21-25-13-9-10-14-26(25)22-31(30)36(18-6-4-2)32(35)16-15-27-33(37)28-19-23-11-7-8-12-24(23)20-29(28)34(27)38/h7-16,19-22H,3-6,17-18H2,1-2H3. The van der Waals surface area contributed by atoms with E-state index in [-0.39, 0.29) is 17.1 Å². The quantitative estimate of drug-likeness (QED) is 0.190. The summed E-state index contributed by atoms with van der Waals surface area (Å²) in [7, 11) is 0. The highest BCUT2D eigenvalue weighted by Crippen LogP contribution is 2.44. The van der Waals surface area contributed by atoms with Crippen LogP contribution < -0.4 is 9.80 Å². The minimum Gasteiger partial charge on any atom is -0.326 e. The van der Waals surface area contributed by atoms with E-state index in [1.165, 1.54) is 22.1 Å². The summed E-state index contributed by atoms with van der Waals surface area (Å²) in [5.41, 5.74) is 3.64. The molecule has 0 saturated carbocycles. The molecule has 0 fully saturated rings. The van der Waals surface area contributed by atoms with Gasteiger partial charge in [0.15, 0.2) is 11.6 Å². The number of anilines is 2. The number of carbonyl (C=O) groups excluding carboxylic acids is 2. The maximum Gasteiger partial charge on any atom is 0.197 e. The molecule has 4 aromatic carbocycles. The van der Waals surface area contributed by atoms with E-state index in [9.17, 15) is 9.59 Å². The van der Waals surface area contributed by atoms with Gasteiger partial charge in [-0.15, -0.1) is 0 Å². The Morgan fingerprint density at radius 2 is 1.03 bits per heavy atom. The van der Waals surface area contributed by atoms with Gasteiger partial charge in [-0.1, -0.05) is 75.2 Å². The predicted molar refractivity (Wildman–Crippen MR) is 157 cm³/mol. The molecule has 4 aromatic rings. The summed E-state index contributed by atoms with van der Waals surface area (Å²) >= 11 is 0. The molecule has 0 bridgehead atoms. The number of benzene rings is 4. The molecule has 0 N–H and O–H groups in total. The monoisotopic (exact) mass is 500 g/mol. The zero-order valence-corrected chi connectivity index (χ0v) is 22.0. The lowest BCUT2D eigenvalue weighted by Gasteiger charge is -2.25. The van der Waals surface area contributed by atoms with Gasteiger partial charge in [0.05, 0.1) is 16.9 Å². The van der Waals surface area contributed by atoms with Crippen LogP contribution in [0.4, 0.5) is 11.4 Å². The molecule has 190 valence electrons. The number of fused-ring (bicyclic) bond motifs is 4. The van der Waals surface area contributed by atoms with Gasteiger partial charge in [-0.25, -0.2) is 0 Å². The van der Waals surface area contributed by atoms with Crippen molar-refractivity contribution in [3.8, 4) is 0 Å². The van der Waals surface area contributed by atoms with Gasteiger partial charge in [0.25, 0.3) is 0 Å². The number of rotatable bonds is 7. The largest absolute Gasteiger partial charge is 0.326 e. The molecule has 1 aliphatic heterocycles. The summed E-state index contributed by atoms with van der Waals surface area (Å²) in [6.45, 7) is 6.17. The lowest BCUT2D eigenvalue weighted by atomic mass is 10.0. The fourth-order valence-corrected chi connectivity index (χ4v) is 5.64. The molecule has 1 heterocycles. The molecule has 6 rings (SSSR count). The van der Waals surface area contributed by atoms with Crippen molar-refractivity contribution in [1.29, 1.82) is 0 Å². The lowest BCUT2D eigenvalue weighted by molar-refractivity contribution is 0.0989. The molecule has 4 nitrogen and oxygen atoms in total. The third kappa shape index (κ3) is 4.01. The van der Waals surface area contributed by atoms with Crippen molar-refractivity contribution in [1.82, 2.24) is 0 Å². The molecule has 2 aliphatic rings. The molecule has 38 heavy (non-hydrogen) atoms. The first-order valence-corrected chi connectivity index (χ1v) is 13.7. The molecule has 0 aromatic heterocycles. The SMILES string of the molecule is CCCCN1C(=CC=C2C(=O)c3cc4ccccc4cc3C2=O)N(CCCC)c2cc3ccccc3cc21. The van der Waals surface area contributed by atoms with Crippen LogP contribution in [0.15, 0.2) is 96.3 Å². The topological polar surface area (TPSA) is 40.6 Å². The number of carbonyl (C=O) groups is 2. The third-order valence-electron chi connectivity index (χ3n) is 7.71. The fraction of sp³-hybridized carbons (Fsp3) is 0.235. The first-order chi connectivity index (χ1) is 18.6. The Hall–Kier alpha value is -4.18. The minimum absolute atomic E-state index is 0.186. The van der Waals surface area contributed by atoms with Crippen molar-refractivity contribution in [2.24, 2.45) is 0 Å². The maximum absolute atomic E-state index is 13.4. The summed E-state index contributed by atoms with van der Waals surface area (Å²) in [6, 6.07) is 24.6. The van der Waals surface area contributed by atoms with Gasteiger partial charge in [-0.3, -0.25) is 9.59 Å². The Labute approximate surface area is 223 Å². The second-order valence-corrected chi connectivity index (χ2v) is 10.2. The number of nitrogens with zero attached hydrogens (tertiary/aromatic N) is 2. The number of ketones is 2. The summed E-state index contributed by atoms with van der Waals surface area (Å²) in [5.74, 6) is 0.662. The van der Waals surface area contributed by atoms with Crippen molar-refractivity contribution < 1.29 is 9.59 Å². The number of Topliss-reactive ketones (excluding diaryl/α,β-unsaturated/α-hetero) is 2. The van der Waals surface area contributed by atoms with E-state index in [0.29, 0.717) is 11.1 Å². The molecule has 1 aliphatic carbocycles. The number of hydrogen-bond acceptors (Lipinski definition) is 4. The molecular formula is C34H32N2O2. The van der Waals surface area contributed by atoms with Crippen LogP contribution in [0.3, 0.4) is 0 Å². The number of hydrogen-bond donors (Lipinski definition) is 0. The number of allylic oxidation sites excluding steroid dienone is 3. The van der Waals surface area contributed by atoms with Gasteiger partial charge in [0, 0.05) is 24.2 Å². The van der Waals surface area contributed by atoms with Crippen molar-refractivity contribution in [2.45, 2.75) is 39.5 Å². The smallest absolute Gasteiger partial charge is 0.197 e. The second kappa shape index (κ2) is 9.94. The molecule has 0 radical (unpaired) electrons. The zero-order chi connectivity index (χ0) is 26.2. The van der Waals surface area contributed by atoms with Crippen LogP contribution in [0.25, 0.3) is 21.5 Å². The van der Waals surface area contributed by atoms with Crippen molar-refractivity contribution in [3.05, 3.63) is 107 Å². The zero-order valence-electron chi connectivity index (χ0n) is 22.0. The fourth-order valence-electron chi connectivity index (χ4n) is 5.64. The Morgan fingerprint density at radius 1 is 0.605 bits per heavy atom. The normalized spacial score (nSPS) is 14.6. The molecular weight excluding hydrogens is 468 g/mol. The minimum atomic E-state index is -0.186. The van der Waals surface area contributed by atoms with Gasteiger partial charge in [0.2, 0.25) is 0 Å². The van der Waals surface area contributed by atoms with E-state index < -0.39 is 0 Å². The Morgan fingerprint density at radius 3 is 1.45 bits per heavy atom.